The van der Waals surface area contributed by atoms with Gasteiger partial charge < -0.3 is 0 Å². The molecule has 0 bridgehead atoms. The van der Waals surface area contributed by atoms with Crippen LogP contribution in [0.1, 0.15) is 15.2 Å². The monoisotopic (exact) mass is 367 g/mol. The largest absolute Gasteiger partial charge is 0.300 e. The lowest BCUT2D eigenvalue weighted by atomic mass is 10.1. The zero-order valence-corrected chi connectivity index (χ0v) is 14.7. The zero-order valence-electron chi connectivity index (χ0n) is 12.3. The van der Waals surface area contributed by atoms with Crippen LogP contribution in [-0.4, -0.2) is 26.1 Å². The molecule has 4 nitrogen and oxygen atoms in total. The van der Waals surface area contributed by atoms with Gasteiger partial charge in [-0.1, -0.05) is 23.7 Å². The maximum absolute atomic E-state index is 12.9. The molecule has 120 valence electrons. The van der Waals surface area contributed by atoms with Crippen molar-refractivity contribution in [3.05, 3.63) is 62.7 Å². The van der Waals surface area contributed by atoms with Gasteiger partial charge in [-0.25, -0.2) is 8.42 Å². The van der Waals surface area contributed by atoms with Crippen molar-refractivity contribution >= 4 is 44.4 Å². The summed E-state index contributed by atoms with van der Waals surface area (Å²) >= 11 is 7.50. The molecule has 0 radical (unpaired) electrons. The van der Waals surface area contributed by atoms with Crippen LogP contribution < -0.4 is 4.90 Å². The number of thiophene rings is 1. The number of benzene rings is 1. The molecule has 0 N–H and O–H groups in total. The molecule has 2 aromatic rings. The first-order valence-electron chi connectivity index (χ1n) is 6.91. The minimum atomic E-state index is -3.27. The van der Waals surface area contributed by atoms with Gasteiger partial charge in [0.25, 0.3) is 5.91 Å². The quantitative estimate of drug-likeness (QED) is 0.831. The fourth-order valence-electron chi connectivity index (χ4n) is 2.43. The second kappa shape index (κ2) is 6.11. The molecular formula is C16H14ClNO3S2. The first-order chi connectivity index (χ1) is 10.9. The van der Waals surface area contributed by atoms with E-state index in [0.717, 1.165) is 5.56 Å². The maximum Gasteiger partial charge on any atom is 0.268 e. The molecule has 3 rings (SSSR count). The molecule has 7 heteroatoms. The van der Waals surface area contributed by atoms with Crippen LogP contribution in [0.25, 0.3) is 0 Å². The number of carbonyl (C=O) groups excluding carboxylic acids is 1. The van der Waals surface area contributed by atoms with Gasteiger partial charge in [-0.05, 0) is 42.1 Å². The smallest absolute Gasteiger partial charge is 0.268 e. The molecule has 0 saturated carbocycles. The van der Waals surface area contributed by atoms with Crippen LogP contribution in [0.3, 0.4) is 0 Å². The molecule has 1 aromatic heterocycles. The summed E-state index contributed by atoms with van der Waals surface area (Å²) < 4.78 is 23.5. The van der Waals surface area contributed by atoms with E-state index in [-0.39, 0.29) is 11.7 Å². The second-order valence-electron chi connectivity index (χ2n) is 5.31. The van der Waals surface area contributed by atoms with Crippen molar-refractivity contribution in [2.75, 3.05) is 10.7 Å². The standard InChI is InChI=1S/C16H14ClNO3S2/c1-11-4-5-12(9-14(11)17)18(13-6-8-23(20,21)10-13)16(19)15-3-2-7-22-15/h2-9,13H,10H2,1H3/t13-/m0/s1. The molecule has 0 saturated heterocycles. The van der Waals surface area contributed by atoms with E-state index in [1.165, 1.54) is 21.6 Å². The third-order valence-electron chi connectivity index (χ3n) is 3.63. The fraction of sp³-hybridized carbons (Fsp3) is 0.188. The second-order valence-corrected chi connectivity index (χ2v) is 8.60. The Morgan fingerprint density at radius 3 is 2.70 bits per heavy atom. The zero-order chi connectivity index (χ0) is 16.6. The van der Waals surface area contributed by atoms with E-state index in [2.05, 4.69) is 0 Å². The summed E-state index contributed by atoms with van der Waals surface area (Å²) in [5, 5.41) is 3.52. The lowest BCUT2D eigenvalue weighted by molar-refractivity contribution is 0.0987. The van der Waals surface area contributed by atoms with Crippen molar-refractivity contribution in [2.24, 2.45) is 0 Å². The van der Waals surface area contributed by atoms with E-state index in [9.17, 15) is 13.2 Å². The number of rotatable bonds is 3. The Hall–Kier alpha value is -1.63. The van der Waals surface area contributed by atoms with Crippen LogP contribution in [-0.2, 0) is 9.84 Å². The number of amides is 1. The predicted octanol–water partition coefficient (Wildman–Crippen LogP) is 3.67. The Kier molecular flexibility index (Phi) is 4.31. The van der Waals surface area contributed by atoms with Crippen molar-refractivity contribution in [1.29, 1.82) is 0 Å². The van der Waals surface area contributed by atoms with Gasteiger partial charge in [0.15, 0.2) is 9.84 Å². The van der Waals surface area contributed by atoms with Gasteiger partial charge in [0.05, 0.1) is 16.7 Å². The minimum absolute atomic E-state index is 0.115. The summed E-state index contributed by atoms with van der Waals surface area (Å²) in [5.74, 6) is -0.345. The van der Waals surface area contributed by atoms with Crippen LogP contribution in [0.2, 0.25) is 5.02 Å². The van der Waals surface area contributed by atoms with Crippen molar-refractivity contribution in [2.45, 2.75) is 13.0 Å². The van der Waals surface area contributed by atoms with Crippen LogP contribution in [0.5, 0.6) is 0 Å². The summed E-state index contributed by atoms with van der Waals surface area (Å²) in [5.41, 5.74) is 1.49. The Morgan fingerprint density at radius 1 is 1.35 bits per heavy atom. The normalized spacial score (nSPS) is 19.0. The first kappa shape index (κ1) is 16.2. The number of nitrogens with zero attached hydrogens (tertiary/aromatic N) is 1. The first-order valence-corrected chi connectivity index (χ1v) is 9.89. The molecule has 1 aliphatic rings. The molecule has 0 aliphatic carbocycles. The summed E-state index contributed by atoms with van der Waals surface area (Å²) in [7, 11) is -3.27. The number of hydrogen-bond acceptors (Lipinski definition) is 4. The molecule has 1 aromatic carbocycles. The Morgan fingerprint density at radius 2 is 2.13 bits per heavy atom. The molecule has 1 amide bonds. The van der Waals surface area contributed by atoms with Crippen molar-refractivity contribution in [1.82, 2.24) is 0 Å². The molecule has 1 aliphatic heterocycles. The lowest BCUT2D eigenvalue weighted by Crippen LogP contribution is -2.41. The van der Waals surface area contributed by atoms with E-state index in [1.54, 1.807) is 30.3 Å². The number of halogens is 1. The van der Waals surface area contributed by atoms with Gasteiger partial charge in [-0.15, -0.1) is 11.3 Å². The summed E-state index contributed by atoms with van der Waals surface area (Å²) in [6.45, 7) is 1.87. The SMILES string of the molecule is Cc1ccc(N(C(=O)c2cccs2)[C@H]2C=CS(=O)(=O)C2)cc1Cl. The summed E-state index contributed by atoms with van der Waals surface area (Å²) in [6.07, 6.45) is 1.55. The van der Waals surface area contributed by atoms with E-state index < -0.39 is 15.9 Å². The highest BCUT2D eigenvalue weighted by Crippen LogP contribution is 2.29. The molecule has 0 fully saturated rings. The van der Waals surface area contributed by atoms with Crippen molar-refractivity contribution < 1.29 is 13.2 Å². The fourth-order valence-corrected chi connectivity index (χ4v) is 4.53. The average Bonchev–Trinajstić information content (AvgIpc) is 3.13. The predicted molar refractivity (Wildman–Crippen MR) is 94.0 cm³/mol. The van der Waals surface area contributed by atoms with Crippen LogP contribution >= 0.6 is 22.9 Å². The lowest BCUT2D eigenvalue weighted by Gasteiger charge is -2.27. The van der Waals surface area contributed by atoms with E-state index in [4.69, 9.17) is 11.6 Å². The number of carbonyl (C=O) groups is 1. The van der Waals surface area contributed by atoms with Crippen molar-refractivity contribution in [3.8, 4) is 0 Å². The molecule has 2 heterocycles. The number of aryl methyl sites for hydroxylation is 1. The van der Waals surface area contributed by atoms with Crippen molar-refractivity contribution in [3.63, 3.8) is 0 Å². The van der Waals surface area contributed by atoms with E-state index >= 15 is 0 Å². The molecule has 0 unspecified atom stereocenters. The number of anilines is 1. The number of hydrogen-bond donors (Lipinski definition) is 0. The highest BCUT2D eigenvalue weighted by atomic mass is 35.5. The molecular weight excluding hydrogens is 354 g/mol. The maximum atomic E-state index is 12.9. The molecule has 23 heavy (non-hydrogen) atoms. The highest BCUT2D eigenvalue weighted by molar-refractivity contribution is 7.94. The Balaban J connectivity index is 2.05. The average molecular weight is 368 g/mol. The van der Waals surface area contributed by atoms with Crippen LogP contribution in [0.4, 0.5) is 5.69 Å². The van der Waals surface area contributed by atoms with E-state index in [0.29, 0.717) is 15.6 Å². The third kappa shape index (κ3) is 3.34. The molecule has 1 atom stereocenters. The third-order valence-corrected chi connectivity index (χ3v) is 6.27. The van der Waals surface area contributed by atoms with Crippen LogP contribution in [0.15, 0.2) is 47.2 Å². The van der Waals surface area contributed by atoms with Gasteiger partial charge in [0.1, 0.15) is 0 Å². The van der Waals surface area contributed by atoms with Gasteiger partial charge >= 0.3 is 0 Å². The van der Waals surface area contributed by atoms with Gasteiger partial charge in [-0.2, -0.15) is 0 Å². The Bertz CT molecular complexity index is 873. The summed E-state index contributed by atoms with van der Waals surface area (Å²) in [6, 6.07) is 8.28. The van der Waals surface area contributed by atoms with Crippen LogP contribution in [0, 0.1) is 6.92 Å². The summed E-state index contributed by atoms with van der Waals surface area (Å²) in [4.78, 5) is 14.9. The topological polar surface area (TPSA) is 54.5 Å². The van der Waals surface area contributed by atoms with E-state index in [1.807, 2.05) is 18.4 Å². The minimum Gasteiger partial charge on any atom is -0.300 e. The highest BCUT2D eigenvalue weighted by Gasteiger charge is 2.32. The number of sulfone groups is 1. The van der Waals surface area contributed by atoms with Gasteiger partial charge in [0, 0.05) is 16.1 Å². The van der Waals surface area contributed by atoms with Gasteiger partial charge in [-0.3, -0.25) is 9.69 Å². The van der Waals surface area contributed by atoms with Gasteiger partial charge in [0.2, 0.25) is 0 Å². The molecule has 0 spiro atoms. The Labute approximate surface area is 143 Å².